The van der Waals surface area contributed by atoms with Crippen molar-refractivity contribution in [2.75, 3.05) is 234 Å². The standard InChI is InChI=1S/C38H76NO22P/c1-39(2,3)6-7-59-62(42,43)60-33-36(61-38(41)35-57-31-29-55-27-25-53-23-21-51-19-17-49-15-13-47-11-9-45-5)32-58-37(40)34-56-30-28-54-26-24-52-22-20-50-18-16-48-14-12-46-10-8-44-4/h36H,6-35H2,1-5H3/p+1. The molecule has 2 atom stereocenters. The topological polar surface area (TPSA) is 238 Å². The van der Waals surface area contributed by atoms with E-state index in [0.29, 0.717) is 143 Å². The van der Waals surface area contributed by atoms with Crippen molar-refractivity contribution in [1.29, 1.82) is 0 Å². The summed E-state index contributed by atoms with van der Waals surface area (Å²) in [5.74, 6) is -1.60. The second-order valence-electron chi connectivity index (χ2n) is 13.6. The maximum absolute atomic E-state index is 12.5. The Hall–Kier alpha value is -1.55. The van der Waals surface area contributed by atoms with Crippen LogP contribution in [-0.2, 0) is 99.0 Å². The number of methoxy groups -OCH3 is 2. The Labute approximate surface area is 367 Å². The largest absolute Gasteiger partial charge is 0.472 e. The molecule has 23 nitrogen and oxygen atoms in total. The van der Waals surface area contributed by atoms with Gasteiger partial charge in [-0.2, -0.15) is 0 Å². The van der Waals surface area contributed by atoms with Crippen molar-refractivity contribution >= 4 is 19.8 Å². The van der Waals surface area contributed by atoms with Crippen LogP contribution in [-0.4, -0.2) is 261 Å². The summed E-state index contributed by atoms with van der Waals surface area (Å²) in [6.07, 6.45) is -1.26. The van der Waals surface area contributed by atoms with Gasteiger partial charge >= 0.3 is 19.8 Å². The van der Waals surface area contributed by atoms with E-state index >= 15 is 0 Å². The van der Waals surface area contributed by atoms with Gasteiger partial charge in [0.05, 0.1) is 186 Å². The van der Waals surface area contributed by atoms with E-state index in [1.807, 2.05) is 21.1 Å². The van der Waals surface area contributed by atoms with Crippen molar-refractivity contribution in [3.63, 3.8) is 0 Å². The van der Waals surface area contributed by atoms with Gasteiger partial charge < -0.3 is 85.2 Å². The molecule has 370 valence electrons. The van der Waals surface area contributed by atoms with E-state index in [0.717, 1.165) is 0 Å². The molecule has 0 spiro atoms. The van der Waals surface area contributed by atoms with Crippen LogP contribution in [0.15, 0.2) is 0 Å². The third-order valence-corrected chi connectivity index (χ3v) is 8.18. The lowest BCUT2D eigenvalue weighted by atomic mass is 10.4. The number of likely N-dealkylation sites (N-methyl/N-ethyl adjacent to an activating group) is 1. The molecular weight excluding hydrogens is 853 g/mol. The van der Waals surface area contributed by atoms with Crippen LogP contribution in [0.1, 0.15) is 0 Å². The summed E-state index contributed by atoms with van der Waals surface area (Å²) in [6.45, 7) is 7.82. The highest BCUT2D eigenvalue weighted by molar-refractivity contribution is 7.47. The molecule has 0 bridgehead atoms. The molecule has 2 unspecified atom stereocenters. The smallest absolute Gasteiger partial charge is 0.460 e. The first-order valence-electron chi connectivity index (χ1n) is 20.7. The second kappa shape index (κ2) is 44.6. The fourth-order valence-corrected chi connectivity index (χ4v) is 4.74. The number of rotatable bonds is 50. The number of nitrogens with zero attached hydrogens (tertiary/aromatic N) is 1. The Kier molecular flexibility index (Phi) is 43.5. The average Bonchev–Trinajstić information content (AvgIpc) is 3.23. The van der Waals surface area contributed by atoms with Crippen molar-refractivity contribution < 1.29 is 108 Å². The van der Waals surface area contributed by atoms with Gasteiger partial charge in [0.2, 0.25) is 0 Å². The van der Waals surface area contributed by atoms with Crippen molar-refractivity contribution in [2.24, 2.45) is 0 Å². The summed E-state index contributed by atoms with van der Waals surface area (Å²) >= 11 is 0. The molecule has 0 aromatic carbocycles. The molecule has 0 aliphatic carbocycles. The molecule has 0 aliphatic rings. The van der Waals surface area contributed by atoms with E-state index in [4.69, 9.17) is 84.8 Å². The van der Waals surface area contributed by atoms with Gasteiger partial charge in [0, 0.05) is 14.2 Å². The molecule has 0 saturated carbocycles. The number of phosphoric acid groups is 1. The average molecular weight is 931 g/mol. The molecule has 0 radical (unpaired) electrons. The van der Waals surface area contributed by atoms with Crippen molar-refractivity contribution in [2.45, 2.75) is 6.10 Å². The summed E-state index contributed by atoms with van der Waals surface area (Å²) in [5.41, 5.74) is 0. The second-order valence-corrected chi connectivity index (χ2v) is 15.1. The van der Waals surface area contributed by atoms with E-state index < -0.39 is 52.3 Å². The summed E-state index contributed by atoms with van der Waals surface area (Å²) in [5, 5.41) is 0. The SMILES string of the molecule is COCCOCCOCCOCCOCCOCCOCC(=O)OCC(COP(=O)(O)OCC[N+](C)(C)C)OC(=O)COCCOCCOCCOCCOCCOCCOC. The summed E-state index contributed by atoms with van der Waals surface area (Å²) in [4.78, 5) is 34.9. The summed E-state index contributed by atoms with van der Waals surface area (Å²) in [7, 11) is 4.38. The van der Waals surface area contributed by atoms with Crippen LogP contribution in [0.5, 0.6) is 0 Å². The first-order chi connectivity index (χ1) is 30.0. The Morgan fingerprint density at radius 3 is 1.06 bits per heavy atom. The number of phosphoric ester groups is 1. The zero-order valence-electron chi connectivity index (χ0n) is 37.7. The highest BCUT2D eigenvalue weighted by Crippen LogP contribution is 2.43. The predicted octanol–water partition coefficient (Wildman–Crippen LogP) is -0.227. The third-order valence-electron chi connectivity index (χ3n) is 7.19. The molecule has 62 heavy (non-hydrogen) atoms. The van der Waals surface area contributed by atoms with Crippen LogP contribution < -0.4 is 0 Å². The lowest BCUT2D eigenvalue weighted by Gasteiger charge is -2.24. The highest BCUT2D eigenvalue weighted by atomic mass is 31.2. The normalized spacial score (nSPS) is 13.3. The minimum Gasteiger partial charge on any atom is -0.460 e. The highest BCUT2D eigenvalue weighted by Gasteiger charge is 2.27. The minimum atomic E-state index is -4.51. The van der Waals surface area contributed by atoms with E-state index in [9.17, 15) is 19.0 Å². The molecular formula is C38H77NO22P+. The monoisotopic (exact) mass is 930 g/mol. The Balaban J connectivity index is 4.17. The fraction of sp³-hybridized carbons (Fsp3) is 0.947. The molecule has 0 heterocycles. The van der Waals surface area contributed by atoms with Gasteiger partial charge in [0.25, 0.3) is 0 Å². The molecule has 0 aliphatic heterocycles. The first kappa shape index (κ1) is 60.5. The number of esters is 2. The van der Waals surface area contributed by atoms with Crippen LogP contribution in [0, 0.1) is 0 Å². The zero-order valence-corrected chi connectivity index (χ0v) is 38.6. The van der Waals surface area contributed by atoms with Gasteiger partial charge in [-0.05, 0) is 0 Å². The van der Waals surface area contributed by atoms with Gasteiger partial charge in [-0.1, -0.05) is 0 Å². The van der Waals surface area contributed by atoms with E-state index in [1.165, 1.54) is 0 Å². The van der Waals surface area contributed by atoms with Crippen LogP contribution in [0.4, 0.5) is 0 Å². The van der Waals surface area contributed by atoms with Gasteiger partial charge in [-0.15, -0.1) is 0 Å². The van der Waals surface area contributed by atoms with E-state index in [-0.39, 0.29) is 33.0 Å². The zero-order chi connectivity index (χ0) is 45.7. The molecule has 1 N–H and O–H groups in total. The molecule has 0 amide bonds. The Morgan fingerprint density at radius 1 is 0.435 bits per heavy atom. The first-order valence-corrected chi connectivity index (χ1v) is 22.2. The maximum Gasteiger partial charge on any atom is 0.472 e. The van der Waals surface area contributed by atoms with Crippen LogP contribution in [0.2, 0.25) is 0 Å². The number of hydrogen-bond donors (Lipinski definition) is 1. The molecule has 0 rings (SSSR count). The summed E-state index contributed by atoms with van der Waals surface area (Å²) in [6, 6.07) is 0. The van der Waals surface area contributed by atoms with Crippen LogP contribution in [0.3, 0.4) is 0 Å². The number of ether oxygens (including phenoxy) is 16. The van der Waals surface area contributed by atoms with Crippen molar-refractivity contribution in [3.05, 3.63) is 0 Å². The molecule has 0 fully saturated rings. The molecule has 0 aromatic rings. The predicted molar refractivity (Wildman–Crippen MR) is 219 cm³/mol. The number of hydrogen-bond acceptors (Lipinski definition) is 21. The maximum atomic E-state index is 12.5. The molecule has 0 saturated heterocycles. The van der Waals surface area contributed by atoms with Crippen molar-refractivity contribution in [1.82, 2.24) is 0 Å². The molecule has 0 aromatic heterocycles. The Bertz CT molecular complexity index is 1040. The number of quaternary nitrogens is 1. The van der Waals surface area contributed by atoms with Gasteiger partial charge in [-0.3, -0.25) is 9.05 Å². The lowest BCUT2D eigenvalue weighted by molar-refractivity contribution is -0.870. The number of carbonyl (C=O) groups is 2. The minimum absolute atomic E-state index is 0.0656. The van der Waals surface area contributed by atoms with E-state index in [2.05, 4.69) is 0 Å². The van der Waals surface area contributed by atoms with Gasteiger partial charge in [0.15, 0.2) is 6.10 Å². The lowest BCUT2D eigenvalue weighted by Crippen LogP contribution is -2.37. The Morgan fingerprint density at radius 2 is 0.742 bits per heavy atom. The van der Waals surface area contributed by atoms with Crippen LogP contribution >= 0.6 is 7.82 Å². The number of carbonyl (C=O) groups excluding carboxylic acids is 2. The quantitative estimate of drug-likeness (QED) is 0.0359. The van der Waals surface area contributed by atoms with Gasteiger partial charge in [-0.25, -0.2) is 14.2 Å². The van der Waals surface area contributed by atoms with Gasteiger partial charge in [0.1, 0.15) is 33.0 Å². The van der Waals surface area contributed by atoms with Crippen LogP contribution in [0.25, 0.3) is 0 Å². The third kappa shape index (κ3) is 47.9. The molecule has 24 heteroatoms. The van der Waals surface area contributed by atoms with E-state index in [1.54, 1.807) is 14.2 Å². The fourth-order valence-electron chi connectivity index (χ4n) is 4.00. The van der Waals surface area contributed by atoms with Crippen molar-refractivity contribution in [3.8, 4) is 0 Å². The summed E-state index contributed by atoms with van der Waals surface area (Å²) < 4.78 is 108.